The number of aliphatic hydroxyl groups excluding tert-OH is 1. The van der Waals surface area contributed by atoms with E-state index in [1.165, 1.54) is 0 Å². The summed E-state index contributed by atoms with van der Waals surface area (Å²) < 4.78 is 6.74. The molecule has 1 unspecified atom stereocenters. The van der Waals surface area contributed by atoms with Crippen molar-refractivity contribution in [1.82, 2.24) is 4.90 Å². The van der Waals surface area contributed by atoms with Gasteiger partial charge in [-0.15, -0.1) is 0 Å². The lowest BCUT2D eigenvalue weighted by Crippen LogP contribution is -2.37. The van der Waals surface area contributed by atoms with Crippen LogP contribution in [0.2, 0.25) is 0 Å². The fraction of sp³-hybridized carbons (Fsp3) is 0.250. The van der Waals surface area contributed by atoms with E-state index in [-0.39, 0.29) is 6.10 Å². The van der Waals surface area contributed by atoms with Gasteiger partial charge in [-0.05, 0) is 23.1 Å². The minimum atomic E-state index is -0.697. The van der Waals surface area contributed by atoms with E-state index in [1.807, 2.05) is 18.2 Å². The molecule has 0 bridgehead atoms. The molecule has 1 aliphatic rings. The van der Waals surface area contributed by atoms with E-state index in [0.717, 1.165) is 29.7 Å². The number of β-amino-alcohol motifs (C(OH)–C–C–N with tert-alkyl or cyclic N) is 1. The summed E-state index contributed by atoms with van der Waals surface area (Å²) in [4.78, 5) is 2.17. The number of hydrogen-bond donors (Lipinski definition) is 1. The predicted octanol–water partition coefficient (Wildman–Crippen LogP) is 4.02. The lowest BCUT2D eigenvalue weighted by atomic mass is 9.80. The number of nitrogens with zero attached hydrogens (tertiary/aromatic N) is 1. The third kappa shape index (κ3) is 3.67. The number of hydrogen-bond acceptors (Lipinski definition) is 3. The van der Waals surface area contributed by atoms with Crippen molar-refractivity contribution in [3.05, 3.63) is 108 Å². The largest absolute Gasteiger partial charge is 0.392 e. The molecular weight excluding hydrogens is 334 g/mol. The lowest BCUT2D eigenvalue weighted by Gasteiger charge is -2.37. The van der Waals surface area contributed by atoms with E-state index in [0.29, 0.717) is 13.3 Å². The van der Waals surface area contributed by atoms with Crippen molar-refractivity contribution in [2.75, 3.05) is 19.8 Å². The second kappa shape index (κ2) is 8.05. The van der Waals surface area contributed by atoms with Crippen LogP contribution in [0.3, 0.4) is 0 Å². The molecule has 0 aliphatic carbocycles. The monoisotopic (exact) mass is 359 g/mol. The fourth-order valence-electron chi connectivity index (χ4n) is 3.89. The summed E-state index contributed by atoms with van der Waals surface area (Å²) in [6, 6.07) is 31.2. The van der Waals surface area contributed by atoms with Crippen molar-refractivity contribution in [1.29, 1.82) is 0 Å². The predicted molar refractivity (Wildman–Crippen MR) is 107 cm³/mol. The van der Waals surface area contributed by atoms with Crippen LogP contribution in [0, 0.1) is 0 Å². The molecule has 0 saturated carbocycles. The molecule has 1 saturated heterocycles. The standard InChI is InChI=1S/C24H25NO2/c26-23-16-17-25(18-23)19-27-24(20-10-4-1-5-11-20,21-12-6-2-7-13-21)22-14-8-3-9-15-22/h1-15,23,26H,16-19H2. The Morgan fingerprint density at radius 2 is 1.22 bits per heavy atom. The lowest BCUT2D eigenvalue weighted by molar-refractivity contribution is -0.0483. The highest BCUT2D eigenvalue weighted by atomic mass is 16.5. The molecule has 138 valence electrons. The van der Waals surface area contributed by atoms with Gasteiger partial charge in [-0.25, -0.2) is 0 Å². The maximum absolute atomic E-state index is 9.88. The fourth-order valence-corrected chi connectivity index (χ4v) is 3.89. The van der Waals surface area contributed by atoms with Gasteiger partial charge in [0.15, 0.2) is 0 Å². The van der Waals surface area contributed by atoms with Crippen molar-refractivity contribution >= 4 is 0 Å². The topological polar surface area (TPSA) is 32.7 Å². The quantitative estimate of drug-likeness (QED) is 0.675. The first-order chi connectivity index (χ1) is 13.3. The summed E-state index contributed by atoms with van der Waals surface area (Å²) in [6.45, 7) is 1.99. The summed E-state index contributed by atoms with van der Waals surface area (Å²) in [7, 11) is 0. The van der Waals surface area contributed by atoms with Crippen LogP contribution in [0.15, 0.2) is 91.0 Å². The van der Waals surface area contributed by atoms with Crippen LogP contribution in [0.1, 0.15) is 23.1 Å². The van der Waals surface area contributed by atoms with E-state index in [4.69, 9.17) is 4.74 Å². The van der Waals surface area contributed by atoms with Gasteiger partial charge in [0.2, 0.25) is 0 Å². The molecule has 1 fully saturated rings. The zero-order valence-electron chi connectivity index (χ0n) is 15.4. The van der Waals surface area contributed by atoms with E-state index < -0.39 is 5.60 Å². The van der Waals surface area contributed by atoms with Crippen LogP contribution in [-0.2, 0) is 10.3 Å². The van der Waals surface area contributed by atoms with E-state index in [9.17, 15) is 5.11 Å². The third-order valence-corrected chi connectivity index (χ3v) is 5.25. The molecule has 27 heavy (non-hydrogen) atoms. The Hall–Kier alpha value is -2.46. The first-order valence-corrected chi connectivity index (χ1v) is 9.50. The Balaban J connectivity index is 1.81. The average Bonchev–Trinajstić information content (AvgIpc) is 3.16. The second-order valence-electron chi connectivity index (χ2n) is 7.07. The normalized spacial score (nSPS) is 17.9. The van der Waals surface area contributed by atoms with Gasteiger partial charge in [0.05, 0.1) is 6.10 Å². The van der Waals surface area contributed by atoms with Gasteiger partial charge >= 0.3 is 0 Å². The summed E-state index contributed by atoms with van der Waals surface area (Å²) in [6.07, 6.45) is 0.548. The van der Waals surface area contributed by atoms with Gasteiger partial charge in [0.1, 0.15) is 12.3 Å². The maximum atomic E-state index is 9.88. The van der Waals surface area contributed by atoms with E-state index >= 15 is 0 Å². The molecule has 4 rings (SSSR count). The summed E-state index contributed by atoms with van der Waals surface area (Å²) >= 11 is 0. The van der Waals surface area contributed by atoms with E-state index in [2.05, 4.69) is 77.7 Å². The summed E-state index contributed by atoms with van der Waals surface area (Å²) in [5.41, 5.74) is 2.60. The molecular formula is C24H25NO2. The first kappa shape index (κ1) is 17.9. The van der Waals surface area contributed by atoms with Gasteiger partial charge in [0, 0.05) is 13.1 Å². The van der Waals surface area contributed by atoms with Gasteiger partial charge in [-0.2, -0.15) is 0 Å². The van der Waals surface area contributed by atoms with Gasteiger partial charge in [-0.1, -0.05) is 91.0 Å². The van der Waals surface area contributed by atoms with Gasteiger partial charge in [-0.3, -0.25) is 4.90 Å². The van der Waals surface area contributed by atoms with Gasteiger partial charge < -0.3 is 9.84 Å². The molecule has 0 radical (unpaired) electrons. The molecule has 3 aromatic rings. The van der Waals surface area contributed by atoms with Crippen molar-refractivity contribution < 1.29 is 9.84 Å². The van der Waals surface area contributed by atoms with Crippen molar-refractivity contribution in [3.63, 3.8) is 0 Å². The van der Waals surface area contributed by atoms with Crippen LogP contribution in [-0.4, -0.2) is 35.9 Å². The molecule has 0 aromatic heterocycles. The van der Waals surface area contributed by atoms with Crippen molar-refractivity contribution in [2.45, 2.75) is 18.1 Å². The molecule has 1 aliphatic heterocycles. The smallest absolute Gasteiger partial charge is 0.145 e. The number of rotatable bonds is 6. The molecule has 0 spiro atoms. The van der Waals surface area contributed by atoms with E-state index in [1.54, 1.807) is 0 Å². The molecule has 3 aromatic carbocycles. The number of aliphatic hydroxyl groups is 1. The highest BCUT2D eigenvalue weighted by Gasteiger charge is 2.38. The van der Waals surface area contributed by atoms with Crippen LogP contribution in [0.5, 0.6) is 0 Å². The molecule has 3 heteroatoms. The van der Waals surface area contributed by atoms with Crippen LogP contribution < -0.4 is 0 Å². The summed E-state index contributed by atoms with van der Waals surface area (Å²) in [5, 5.41) is 9.88. The minimum Gasteiger partial charge on any atom is -0.392 e. The average molecular weight is 359 g/mol. The maximum Gasteiger partial charge on any atom is 0.145 e. The molecule has 1 N–H and O–H groups in total. The highest BCUT2D eigenvalue weighted by molar-refractivity contribution is 5.47. The zero-order valence-corrected chi connectivity index (χ0v) is 15.4. The van der Waals surface area contributed by atoms with Crippen LogP contribution in [0.25, 0.3) is 0 Å². The Morgan fingerprint density at radius 1 is 0.778 bits per heavy atom. The molecule has 1 heterocycles. The summed E-state index contributed by atoms with van der Waals surface area (Å²) in [5.74, 6) is 0. The minimum absolute atomic E-state index is 0.256. The number of ether oxygens (including phenoxy) is 1. The highest BCUT2D eigenvalue weighted by Crippen LogP contribution is 2.40. The first-order valence-electron chi connectivity index (χ1n) is 9.50. The Morgan fingerprint density at radius 3 is 1.59 bits per heavy atom. The molecule has 3 nitrogen and oxygen atoms in total. The Kier molecular flexibility index (Phi) is 5.35. The SMILES string of the molecule is OC1CCN(COC(c2ccccc2)(c2ccccc2)c2ccccc2)C1. The zero-order chi connectivity index (χ0) is 18.5. The van der Waals surface area contributed by atoms with Crippen molar-refractivity contribution in [2.24, 2.45) is 0 Å². The third-order valence-electron chi connectivity index (χ3n) is 5.25. The van der Waals surface area contributed by atoms with Crippen LogP contribution in [0.4, 0.5) is 0 Å². The Labute approximate surface area is 160 Å². The number of likely N-dealkylation sites (tertiary alicyclic amines) is 1. The molecule has 0 amide bonds. The Bertz CT molecular complexity index is 739. The van der Waals surface area contributed by atoms with Crippen molar-refractivity contribution in [3.8, 4) is 0 Å². The molecule has 1 atom stereocenters. The second-order valence-corrected chi connectivity index (χ2v) is 7.07. The van der Waals surface area contributed by atoms with Gasteiger partial charge in [0.25, 0.3) is 0 Å². The van der Waals surface area contributed by atoms with Crippen LogP contribution >= 0.6 is 0 Å². The number of benzene rings is 3.